The normalized spacial score (nSPS) is 27.6. The molecule has 2 fully saturated rings. The second-order valence-corrected chi connectivity index (χ2v) is 12.3. The number of carbonyl (C=O) groups excluding carboxylic acids is 2. The van der Waals surface area contributed by atoms with Crippen molar-refractivity contribution in [3.63, 3.8) is 0 Å². The lowest BCUT2D eigenvalue weighted by atomic mass is 9.93. The largest absolute Gasteiger partial charge is 0.496 e. The Morgan fingerprint density at radius 3 is 2.58 bits per heavy atom. The molecule has 0 bridgehead atoms. The minimum absolute atomic E-state index is 0.161. The van der Waals surface area contributed by atoms with E-state index in [2.05, 4.69) is 5.32 Å². The Hall–Kier alpha value is -4.54. The van der Waals surface area contributed by atoms with Gasteiger partial charge in [-0.1, -0.05) is 12.2 Å². The lowest BCUT2D eigenvalue weighted by Gasteiger charge is -2.26. The van der Waals surface area contributed by atoms with Crippen LogP contribution in [-0.4, -0.2) is 70.1 Å². The number of methoxy groups -OCH3 is 1. The fourth-order valence-electron chi connectivity index (χ4n) is 6.67. The van der Waals surface area contributed by atoms with E-state index in [-0.39, 0.29) is 36.4 Å². The zero-order chi connectivity index (χ0) is 31.9. The molecular formula is C34H37FN4O6. The highest BCUT2D eigenvalue weighted by Gasteiger charge is 2.61. The van der Waals surface area contributed by atoms with E-state index in [4.69, 9.17) is 19.4 Å². The van der Waals surface area contributed by atoms with Crippen LogP contribution in [0.5, 0.6) is 11.6 Å². The number of amides is 2. The maximum absolute atomic E-state index is 13.8. The van der Waals surface area contributed by atoms with Crippen molar-refractivity contribution < 1.29 is 33.4 Å². The van der Waals surface area contributed by atoms with Crippen LogP contribution >= 0.6 is 0 Å². The van der Waals surface area contributed by atoms with Gasteiger partial charge in [-0.3, -0.25) is 9.59 Å². The predicted octanol–water partition coefficient (Wildman–Crippen LogP) is 4.68. The molecule has 10 nitrogen and oxygen atoms in total. The molecule has 2 heterocycles. The number of allylic oxidation sites excluding steroid dienone is 1. The number of fused-ring (bicyclic) bond motifs is 3. The fourth-order valence-corrected chi connectivity index (χ4v) is 6.67. The first-order chi connectivity index (χ1) is 21.6. The Morgan fingerprint density at radius 1 is 1.09 bits per heavy atom. The Labute approximate surface area is 260 Å². The van der Waals surface area contributed by atoms with Crippen LogP contribution in [-0.2, 0) is 14.4 Å². The number of halogens is 1. The zero-order valence-corrected chi connectivity index (χ0v) is 25.6. The topological polar surface area (TPSA) is 131 Å². The number of ether oxygens (including phenoxy) is 2. The summed E-state index contributed by atoms with van der Waals surface area (Å²) in [6.07, 6.45) is 6.54. The first-order valence-electron chi connectivity index (χ1n) is 15.4. The molecule has 1 aromatic heterocycles. The van der Waals surface area contributed by atoms with Crippen molar-refractivity contribution in [3.05, 3.63) is 59.9 Å². The van der Waals surface area contributed by atoms with Crippen molar-refractivity contribution in [2.24, 2.45) is 17.8 Å². The van der Waals surface area contributed by atoms with Crippen LogP contribution in [0.4, 0.5) is 4.39 Å². The molecule has 3 aliphatic rings. The molecule has 3 aromatic rings. The molecule has 2 N–H and O–H groups in total. The summed E-state index contributed by atoms with van der Waals surface area (Å²) in [6.45, 7) is 2.44. The van der Waals surface area contributed by atoms with Crippen molar-refractivity contribution in [2.45, 2.75) is 57.1 Å². The lowest BCUT2D eigenvalue weighted by Crippen LogP contribution is -2.49. The number of rotatable bonds is 5. The Morgan fingerprint density at radius 2 is 1.84 bits per heavy atom. The standard InChI is InChI=1S/C34H37FN4O6/c1-19-27(44-3)14-13-24-28(19)36-29(20-9-11-22(35)12-10-20)37-31(24)45-23-16-25-26(17-23)32(41)39(2)15-7-5-4-6-8-21-18-34(21,33(42)43)38-30(25)40/h6,8-14,21,23,25-26H,4-5,7,15-18H2,1-3H3,(H,38,40)(H,42,43)/b8-6-/t21-,23-,25-,26?,34-/m1/s1. The lowest BCUT2D eigenvalue weighted by molar-refractivity contribution is -0.145. The smallest absolute Gasteiger partial charge is 0.330 e. The van der Waals surface area contributed by atoms with Crippen molar-refractivity contribution in [3.8, 4) is 23.0 Å². The molecule has 5 atom stereocenters. The Balaban J connectivity index is 1.35. The highest BCUT2D eigenvalue weighted by Crippen LogP contribution is 2.46. The van der Waals surface area contributed by atoms with E-state index in [0.29, 0.717) is 41.0 Å². The van der Waals surface area contributed by atoms with Crippen molar-refractivity contribution >= 4 is 28.7 Å². The van der Waals surface area contributed by atoms with Gasteiger partial charge in [0.1, 0.15) is 23.2 Å². The van der Waals surface area contributed by atoms with Gasteiger partial charge in [-0.05, 0) is 81.8 Å². The molecule has 11 heteroatoms. The Bertz CT molecular complexity index is 1680. The summed E-state index contributed by atoms with van der Waals surface area (Å²) in [5.74, 6) is -2.59. The average molecular weight is 617 g/mol. The van der Waals surface area contributed by atoms with Gasteiger partial charge in [0.25, 0.3) is 0 Å². The summed E-state index contributed by atoms with van der Waals surface area (Å²) in [5, 5.41) is 13.5. The third-order valence-corrected chi connectivity index (χ3v) is 9.41. The molecule has 0 radical (unpaired) electrons. The fraction of sp³-hybridized carbons (Fsp3) is 0.441. The maximum Gasteiger partial charge on any atom is 0.330 e. The summed E-state index contributed by atoms with van der Waals surface area (Å²) in [4.78, 5) is 50.9. The van der Waals surface area contributed by atoms with Crippen LogP contribution in [0.15, 0.2) is 48.6 Å². The first-order valence-corrected chi connectivity index (χ1v) is 15.4. The van der Waals surface area contributed by atoms with Gasteiger partial charge >= 0.3 is 5.97 Å². The van der Waals surface area contributed by atoms with Crippen LogP contribution in [0.1, 0.15) is 44.1 Å². The number of hydrogen-bond donors (Lipinski definition) is 2. The zero-order valence-electron chi connectivity index (χ0n) is 25.6. The van der Waals surface area contributed by atoms with Crippen molar-refractivity contribution in [2.75, 3.05) is 20.7 Å². The summed E-state index contributed by atoms with van der Waals surface area (Å²) in [5.41, 5.74) is 0.598. The number of benzene rings is 2. The van der Waals surface area contributed by atoms with Crippen LogP contribution in [0.3, 0.4) is 0 Å². The highest BCUT2D eigenvalue weighted by atomic mass is 19.1. The Kier molecular flexibility index (Phi) is 8.20. The summed E-state index contributed by atoms with van der Waals surface area (Å²) < 4.78 is 25.8. The average Bonchev–Trinajstić information content (AvgIpc) is 3.56. The van der Waals surface area contributed by atoms with Crippen LogP contribution in [0, 0.1) is 30.5 Å². The second kappa shape index (κ2) is 12.1. The molecule has 45 heavy (non-hydrogen) atoms. The number of nitrogens with one attached hydrogen (secondary N) is 1. The molecule has 2 aromatic carbocycles. The van der Waals surface area contributed by atoms with E-state index in [0.717, 1.165) is 24.8 Å². The monoisotopic (exact) mass is 616 g/mol. The third-order valence-electron chi connectivity index (χ3n) is 9.41. The van der Waals surface area contributed by atoms with Crippen molar-refractivity contribution in [1.82, 2.24) is 20.2 Å². The van der Waals surface area contributed by atoms with Crippen LogP contribution in [0.2, 0.25) is 0 Å². The minimum Gasteiger partial charge on any atom is -0.496 e. The molecule has 6 rings (SSSR count). The number of carbonyl (C=O) groups is 3. The molecule has 2 aliphatic carbocycles. The predicted molar refractivity (Wildman–Crippen MR) is 164 cm³/mol. The van der Waals surface area contributed by atoms with Gasteiger partial charge < -0.3 is 24.8 Å². The molecule has 1 unspecified atom stereocenters. The number of carboxylic acids is 1. The molecule has 236 valence electrons. The molecule has 2 saturated carbocycles. The van der Waals surface area contributed by atoms with Gasteiger partial charge in [-0.15, -0.1) is 0 Å². The van der Waals surface area contributed by atoms with Crippen LogP contribution < -0.4 is 14.8 Å². The minimum atomic E-state index is -1.36. The van der Waals surface area contributed by atoms with Crippen molar-refractivity contribution in [1.29, 1.82) is 0 Å². The highest BCUT2D eigenvalue weighted by molar-refractivity contribution is 5.94. The SMILES string of the molecule is COc1ccc2c(O[C@H]3CC4C(=O)N(C)CCCC/C=C\[C@@H]5C[C@@]5(C(=O)O)NC(=O)[C@@H]4C3)nc(-c3ccc(F)cc3)nc2c1C. The maximum atomic E-state index is 13.8. The van der Waals surface area contributed by atoms with Gasteiger partial charge in [0.2, 0.25) is 17.7 Å². The quantitative estimate of drug-likeness (QED) is 0.395. The molecule has 0 saturated heterocycles. The second-order valence-electron chi connectivity index (χ2n) is 12.3. The third kappa shape index (κ3) is 5.83. The summed E-state index contributed by atoms with van der Waals surface area (Å²) in [6, 6.07) is 9.45. The number of hydrogen-bond acceptors (Lipinski definition) is 7. The van der Waals surface area contributed by atoms with Crippen LogP contribution in [0.25, 0.3) is 22.3 Å². The molecular weight excluding hydrogens is 579 g/mol. The van der Waals surface area contributed by atoms with E-state index < -0.39 is 35.4 Å². The van der Waals surface area contributed by atoms with Gasteiger partial charge in [0, 0.05) is 30.6 Å². The summed E-state index contributed by atoms with van der Waals surface area (Å²) >= 11 is 0. The number of nitrogens with zero attached hydrogens (tertiary/aromatic N) is 3. The number of carboxylic acid groups (broad SMARTS) is 1. The van der Waals surface area contributed by atoms with E-state index >= 15 is 0 Å². The molecule has 1 aliphatic heterocycles. The number of aromatic nitrogens is 2. The van der Waals surface area contributed by atoms with Gasteiger partial charge in [-0.25, -0.2) is 14.2 Å². The number of aryl methyl sites for hydroxylation is 1. The van der Waals surface area contributed by atoms with E-state index in [1.165, 1.54) is 12.1 Å². The van der Waals surface area contributed by atoms with Gasteiger partial charge in [0.05, 0.1) is 29.8 Å². The van der Waals surface area contributed by atoms with Gasteiger partial charge in [0.15, 0.2) is 5.82 Å². The van der Waals surface area contributed by atoms with E-state index in [1.807, 2.05) is 19.1 Å². The first kappa shape index (κ1) is 30.5. The van der Waals surface area contributed by atoms with Gasteiger partial charge in [-0.2, -0.15) is 4.98 Å². The van der Waals surface area contributed by atoms with E-state index in [1.54, 1.807) is 43.3 Å². The molecule has 2 amide bonds. The van der Waals surface area contributed by atoms with E-state index in [9.17, 15) is 23.9 Å². The number of aliphatic carboxylic acids is 1. The molecule has 0 spiro atoms. The summed E-state index contributed by atoms with van der Waals surface area (Å²) in [7, 11) is 3.32.